The van der Waals surface area contributed by atoms with Gasteiger partial charge in [-0.1, -0.05) is 0 Å². The largest absolute Gasteiger partial charge is 0.396 e. The number of hydrogen-bond acceptors (Lipinski definition) is 4. The highest BCUT2D eigenvalue weighted by atomic mass is 16.3. The van der Waals surface area contributed by atoms with Gasteiger partial charge in [0.05, 0.1) is 18.5 Å². The van der Waals surface area contributed by atoms with Crippen LogP contribution in [-0.4, -0.2) is 60.1 Å². The summed E-state index contributed by atoms with van der Waals surface area (Å²) in [4.78, 5) is 16.2. The summed E-state index contributed by atoms with van der Waals surface area (Å²) >= 11 is 0. The standard InChI is InChI=1S/C16H29N3O2/c1-4-19(10-13(2)9-17)16(21)11-18(3)15-7-5-14(12-20)6-8-15/h13-15,20H,4-8,10-12H2,1-3H3. The van der Waals surface area contributed by atoms with Gasteiger partial charge in [-0.3, -0.25) is 9.69 Å². The van der Waals surface area contributed by atoms with Gasteiger partial charge in [0.25, 0.3) is 0 Å². The predicted octanol–water partition coefficient (Wildman–Crippen LogP) is 1.48. The molecule has 1 N–H and O–H groups in total. The molecular weight excluding hydrogens is 266 g/mol. The molecule has 0 aliphatic heterocycles. The third kappa shape index (κ3) is 5.64. The summed E-state index contributed by atoms with van der Waals surface area (Å²) in [5, 5.41) is 18.0. The second kappa shape index (κ2) is 9.01. The molecule has 5 nitrogen and oxygen atoms in total. The number of nitrogens with zero attached hydrogens (tertiary/aromatic N) is 3. The van der Waals surface area contributed by atoms with E-state index in [1.807, 2.05) is 20.9 Å². The summed E-state index contributed by atoms with van der Waals surface area (Å²) in [7, 11) is 2.00. The van der Waals surface area contributed by atoms with Crippen LogP contribution in [0.5, 0.6) is 0 Å². The van der Waals surface area contributed by atoms with E-state index >= 15 is 0 Å². The van der Waals surface area contributed by atoms with Crippen molar-refractivity contribution in [2.45, 2.75) is 45.6 Å². The number of amides is 1. The zero-order valence-corrected chi connectivity index (χ0v) is 13.6. The lowest BCUT2D eigenvalue weighted by atomic mass is 9.86. The van der Waals surface area contributed by atoms with Gasteiger partial charge in [-0.2, -0.15) is 5.26 Å². The SMILES string of the molecule is CCN(CC(C)C#N)C(=O)CN(C)C1CCC(CO)CC1. The summed E-state index contributed by atoms with van der Waals surface area (Å²) in [6.45, 7) is 5.66. The lowest BCUT2D eigenvalue weighted by Crippen LogP contribution is -2.45. The predicted molar refractivity (Wildman–Crippen MR) is 82.5 cm³/mol. The second-order valence-electron chi connectivity index (χ2n) is 6.23. The second-order valence-corrected chi connectivity index (χ2v) is 6.23. The lowest BCUT2D eigenvalue weighted by molar-refractivity contribution is -0.133. The van der Waals surface area contributed by atoms with E-state index in [0.717, 1.165) is 25.7 Å². The Kier molecular flexibility index (Phi) is 7.69. The van der Waals surface area contributed by atoms with Crippen molar-refractivity contribution in [2.75, 3.05) is 33.3 Å². The van der Waals surface area contributed by atoms with Crippen LogP contribution in [0.3, 0.4) is 0 Å². The number of rotatable bonds is 7. The van der Waals surface area contributed by atoms with E-state index in [-0.39, 0.29) is 18.4 Å². The van der Waals surface area contributed by atoms with Crippen LogP contribution in [0, 0.1) is 23.2 Å². The first-order valence-electron chi connectivity index (χ1n) is 8.00. The van der Waals surface area contributed by atoms with Crippen LogP contribution >= 0.6 is 0 Å². The maximum Gasteiger partial charge on any atom is 0.236 e. The number of aliphatic hydroxyl groups is 1. The molecule has 5 heteroatoms. The minimum Gasteiger partial charge on any atom is -0.396 e. The zero-order chi connectivity index (χ0) is 15.8. The Bertz CT molecular complexity index is 359. The van der Waals surface area contributed by atoms with Gasteiger partial charge in [0.15, 0.2) is 0 Å². The number of hydrogen-bond donors (Lipinski definition) is 1. The lowest BCUT2D eigenvalue weighted by Gasteiger charge is -2.35. The Morgan fingerprint density at radius 3 is 2.48 bits per heavy atom. The van der Waals surface area contributed by atoms with E-state index in [9.17, 15) is 9.90 Å². The number of carbonyl (C=O) groups is 1. The van der Waals surface area contributed by atoms with Crippen molar-refractivity contribution >= 4 is 5.91 Å². The van der Waals surface area contributed by atoms with E-state index in [4.69, 9.17) is 5.26 Å². The summed E-state index contributed by atoms with van der Waals surface area (Å²) in [6, 6.07) is 2.62. The summed E-state index contributed by atoms with van der Waals surface area (Å²) in [5.41, 5.74) is 0. The fourth-order valence-electron chi connectivity index (χ4n) is 2.99. The Balaban J connectivity index is 2.44. The van der Waals surface area contributed by atoms with Crippen LogP contribution < -0.4 is 0 Å². The van der Waals surface area contributed by atoms with E-state index in [1.54, 1.807) is 4.90 Å². The van der Waals surface area contributed by atoms with E-state index in [1.165, 1.54) is 0 Å². The Morgan fingerprint density at radius 2 is 2.00 bits per heavy atom. The normalized spacial score (nSPS) is 23.6. The maximum atomic E-state index is 12.3. The van der Waals surface area contributed by atoms with Gasteiger partial charge in [-0.25, -0.2) is 0 Å². The van der Waals surface area contributed by atoms with Crippen molar-refractivity contribution in [2.24, 2.45) is 11.8 Å². The quantitative estimate of drug-likeness (QED) is 0.772. The maximum absolute atomic E-state index is 12.3. The first-order valence-corrected chi connectivity index (χ1v) is 8.00. The average molecular weight is 295 g/mol. The van der Waals surface area contributed by atoms with Crippen LogP contribution in [0.15, 0.2) is 0 Å². The van der Waals surface area contributed by atoms with E-state index < -0.39 is 0 Å². The molecule has 1 atom stereocenters. The topological polar surface area (TPSA) is 67.6 Å². The highest BCUT2D eigenvalue weighted by Crippen LogP contribution is 2.26. The van der Waals surface area contributed by atoms with Gasteiger partial charge >= 0.3 is 0 Å². The van der Waals surface area contributed by atoms with Gasteiger partial charge in [0, 0.05) is 25.7 Å². The third-order valence-corrected chi connectivity index (χ3v) is 4.53. The summed E-state index contributed by atoms with van der Waals surface area (Å²) in [6.07, 6.45) is 4.19. The fraction of sp³-hybridized carbons (Fsp3) is 0.875. The Hall–Kier alpha value is -1.12. The molecule has 120 valence electrons. The molecule has 0 heterocycles. The minimum atomic E-state index is -0.126. The van der Waals surface area contributed by atoms with E-state index in [0.29, 0.717) is 31.6 Å². The molecule has 0 aromatic rings. The number of nitriles is 1. The highest BCUT2D eigenvalue weighted by molar-refractivity contribution is 5.78. The fourth-order valence-corrected chi connectivity index (χ4v) is 2.99. The number of likely N-dealkylation sites (N-methyl/N-ethyl adjacent to an activating group) is 2. The summed E-state index contributed by atoms with van der Waals surface area (Å²) in [5.74, 6) is 0.416. The molecule has 21 heavy (non-hydrogen) atoms. The third-order valence-electron chi connectivity index (χ3n) is 4.53. The van der Waals surface area contributed by atoms with Crippen LogP contribution in [-0.2, 0) is 4.79 Å². The van der Waals surface area contributed by atoms with Crippen molar-refractivity contribution in [1.29, 1.82) is 5.26 Å². The molecule has 1 unspecified atom stereocenters. The molecule has 1 aliphatic rings. The van der Waals surface area contributed by atoms with Crippen LogP contribution in [0.25, 0.3) is 0 Å². The molecule has 0 spiro atoms. The molecule has 1 rings (SSSR count). The first-order chi connectivity index (χ1) is 10.0. The monoisotopic (exact) mass is 295 g/mol. The van der Waals surface area contributed by atoms with Crippen molar-refractivity contribution in [1.82, 2.24) is 9.80 Å². The van der Waals surface area contributed by atoms with Gasteiger partial charge in [-0.15, -0.1) is 0 Å². The van der Waals surface area contributed by atoms with Crippen molar-refractivity contribution in [3.63, 3.8) is 0 Å². The zero-order valence-electron chi connectivity index (χ0n) is 13.6. The van der Waals surface area contributed by atoms with Crippen molar-refractivity contribution in [3.05, 3.63) is 0 Å². The van der Waals surface area contributed by atoms with Gasteiger partial charge in [0.2, 0.25) is 5.91 Å². The molecule has 0 bridgehead atoms. The summed E-state index contributed by atoms with van der Waals surface area (Å²) < 4.78 is 0. The van der Waals surface area contributed by atoms with Crippen molar-refractivity contribution < 1.29 is 9.90 Å². The molecule has 0 saturated heterocycles. The van der Waals surface area contributed by atoms with Crippen LogP contribution in [0.4, 0.5) is 0 Å². The average Bonchev–Trinajstić information content (AvgIpc) is 2.52. The highest BCUT2D eigenvalue weighted by Gasteiger charge is 2.25. The smallest absolute Gasteiger partial charge is 0.236 e. The van der Waals surface area contributed by atoms with Crippen LogP contribution in [0.2, 0.25) is 0 Å². The molecule has 1 saturated carbocycles. The Labute approximate surface area is 128 Å². The van der Waals surface area contributed by atoms with Gasteiger partial charge in [0.1, 0.15) is 0 Å². The molecule has 0 aromatic carbocycles. The molecule has 1 fully saturated rings. The molecule has 1 aliphatic carbocycles. The molecule has 1 amide bonds. The number of carbonyl (C=O) groups excluding carboxylic acids is 1. The number of aliphatic hydroxyl groups excluding tert-OH is 1. The minimum absolute atomic E-state index is 0.103. The van der Waals surface area contributed by atoms with Crippen LogP contribution in [0.1, 0.15) is 39.5 Å². The van der Waals surface area contributed by atoms with Gasteiger partial charge < -0.3 is 10.0 Å². The Morgan fingerprint density at radius 1 is 1.38 bits per heavy atom. The van der Waals surface area contributed by atoms with E-state index in [2.05, 4.69) is 11.0 Å². The molecular formula is C16H29N3O2. The molecule has 0 radical (unpaired) electrons. The first kappa shape index (κ1) is 17.9. The molecule has 0 aromatic heterocycles. The van der Waals surface area contributed by atoms with Crippen molar-refractivity contribution in [3.8, 4) is 6.07 Å². The van der Waals surface area contributed by atoms with Gasteiger partial charge in [-0.05, 0) is 52.5 Å².